The quantitative estimate of drug-likeness (QED) is 0.820. The van der Waals surface area contributed by atoms with Crippen molar-refractivity contribution in [2.75, 3.05) is 19.7 Å². The summed E-state index contributed by atoms with van der Waals surface area (Å²) < 4.78 is 4.25. The van der Waals surface area contributed by atoms with Crippen LogP contribution < -0.4 is 0 Å². The highest BCUT2D eigenvalue weighted by atomic mass is 16.7. The van der Waals surface area contributed by atoms with Crippen molar-refractivity contribution >= 4 is 5.91 Å². The second-order valence-corrected chi connectivity index (χ2v) is 7.28. The Morgan fingerprint density at radius 1 is 1.38 bits per heavy atom. The lowest BCUT2D eigenvalue weighted by Gasteiger charge is -2.24. The molecule has 4 rings (SSSR count). The second kappa shape index (κ2) is 7.63. The van der Waals surface area contributed by atoms with E-state index in [1.165, 1.54) is 11.3 Å². The smallest absolute Gasteiger partial charge is 0.246 e. The predicted molar refractivity (Wildman–Crippen MR) is 96.8 cm³/mol. The number of fused-ring (bicyclic) bond motifs is 1. The van der Waals surface area contributed by atoms with Gasteiger partial charge >= 0.3 is 0 Å². The van der Waals surface area contributed by atoms with Crippen LogP contribution in [0.3, 0.4) is 0 Å². The van der Waals surface area contributed by atoms with Gasteiger partial charge in [-0.05, 0) is 31.4 Å². The average Bonchev–Trinajstić information content (AvgIpc) is 3.36. The zero-order chi connectivity index (χ0) is 17.9. The Morgan fingerprint density at radius 2 is 2.31 bits per heavy atom. The van der Waals surface area contributed by atoms with E-state index in [1.54, 1.807) is 5.06 Å². The molecule has 1 atom stereocenters. The number of rotatable bonds is 5. The van der Waals surface area contributed by atoms with E-state index >= 15 is 0 Å². The summed E-state index contributed by atoms with van der Waals surface area (Å²) in [5.41, 5.74) is 2.53. The van der Waals surface area contributed by atoms with E-state index < -0.39 is 0 Å². The van der Waals surface area contributed by atoms with Gasteiger partial charge in [0.05, 0.1) is 19.3 Å². The first kappa shape index (κ1) is 17.3. The standard InChI is InChI=1S/C19H27N5O2/c1-2-23-14-17(10-20-23)12-21-11-16(9-19(25)24-7-4-8-26-24)13-22-6-3-5-18(22)15-21/h3,5-6,10,14,16H,2,4,7-9,11-13,15H2,1H3/t16-/m1/s1. The maximum Gasteiger partial charge on any atom is 0.246 e. The van der Waals surface area contributed by atoms with Gasteiger partial charge in [0, 0.05) is 62.8 Å². The van der Waals surface area contributed by atoms with Crippen molar-refractivity contribution in [2.45, 2.75) is 45.9 Å². The molecule has 1 saturated heterocycles. The Hall–Kier alpha value is -2.12. The molecule has 0 N–H and O–H groups in total. The molecule has 0 aromatic carbocycles. The van der Waals surface area contributed by atoms with Gasteiger partial charge in [0.15, 0.2) is 0 Å². The lowest BCUT2D eigenvalue weighted by molar-refractivity contribution is -0.170. The molecule has 1 fully saturated rings. The van der Waals surface area contributed by atoms with Gasteiger partial charge in [-0.2, -0.15) is 5.10 Å². The largest absolute Gasteiger partial charge is 0.350 e. The molecule has 2 aliphatic rings. The van der Waals surface area contributed by atoms with E-state index in [0.29, 0.717) is 13.0 Å². The molecule has 2 aromatic heterocycles. The van der Waals surface area contributed by atoms with Crippen molar-refractivity contribution in [3.63, 3.8) is 0 Å². The molecule has 0 aliphatic carbocycles. The third-order valence-electron chi connectivity index (χ3n) is 5.19. The molecule has 140 valence electrons. The van der Waals surface area contributed by atoms with Crippen molar-refractivity contribution in [3.8, 4) is 0 Å². The molecule has 0 saturated carbocycles. The molecule has 2 aromatic rings. The van der Waals surface area contributed by atoms with Gasteiger partial charge in [-0.3, -0.25) is 19.2 Å². The molecular formula is C19H27N5O2. The molecule has 0 spiro atoms. The van der Waals surface area contributed by atoms with Crippen LogP contribution in [0.2, 0.25) is 0 Å². The van der Waals surface area contributed by atoms with Crippen molar-refractivity contribution in [3.05, 3.63) is 42.0 Å². The molecule has 0 bridgehead atoms. The summed E-state index contributed by atoms with van der Waals surface area (Å²) in [6.07, 6.45) is 7.65. The van der Waals surface area contributed by atoms with Gasteiger partial charge in [0.25, 0.3) is 0 Å². The average molecular weight is 357 g/mol. The highest BCUT2D eigenvalue weighted by Crippen LogP contribution is 2.22. The number of hydroxylamine groups is 2. The molecule has 26 heavy (non-hydrogen) atoms. The van der Waals surface area contributed by atoms with Crippen molar-refractivity contribution in [1.29, 1.82) is 0 Å². The van der Waals surface area contributed by atoms with E-state index in [-0.39, 0.29) is 11.8 Å². The normalized spacial score (nSPS) is 21.0. The molecule has 0 radical (unpaired) electrons. The highest BCUT2D eigenvalue weighted by molar-refractivity contribution is 5.75. The van der Waals surface area contributed by atoms with Gasteiger partial charge in [0.2, 0.25) is 5.91 Å². The maximum absolute atomic E-state index is 12.5. The Labute approximate surface area is 154 Å². The Morgan fingerprint density at radius 3 is 3.08 bits per heavy atom. The summed E-state index contributed by atoms with van der Waals surface area (Å²) in [5.74, 6) is 0.392. The third kappa shape index (κ3) is 3.83. The van der Waals surface area contributed by atoms with Gasteiger partial charge in [-0.15, -0.1) is 0 Å². The molecule has 7 nitrogen and oxygen atoms in total. The fourth-order valence-electron chi connectivity index (χ4n) is 3.93. The molecule has 7 heteroatoms. The lowest BCUT2D eigenvalue weighted by Crippen LogP contribution is -2.33. The van der Waals surface area contributed by atoms with Crippen LogP contribution in [-0.2, 0) is 35.8 Å². The van der Waals surface area contributed by atoms with Crippen LogP contribution in [0.5, 0.6) is 0 Å². The minimum absolute atomic E-state index is 0.113. The molecular weight excluding hydrogens is 330 g/mol. The van der Waals surface area contributed by atoms with Crippen molar-refractivity contribution in [1.82, 2.24) is 24.3 Å². The number of aromatic nitrogens is 3. The summed E-state index contributed by atoms with van der Waals surface area (Å²) in [6, 6.07) is 4.27. The third-order valence-corrected chi connectivity index (χ3v) is 5.19. The SMILES string of the molecule is CCn1cc(CN2Cc3cccn3C[C@H](CC(=O)N3CCCO3)C2)cn1. The van der Waals surface area contributed by atoms with Gasteiger partial charge in [-0.25, -0.2) is 5.06 Å². The fourth-order valence-corrected chi connectivity index (χ4v) is 3.93. The Balaban J connectivity index is 1.46. The summed E-state index contributed by atoms with van der Waals surface area (Å²) in [4.78, 5) is 20.4. The Kier molecular flexibility index (Phi) is 5.08. The topological polar surface area (TPSA) is 55.5 Å². The summed E-state index contributed by atoms with van der Waals surface area (Å²) in [5, 5.41) is 5.94. The predicted octanol–water partition coefficient (Wildman–Crippen LogP) is 1.89. The summed E-state index contributed by atoms with van der Waals surface area (Å²) in [6.45, 7) is 7.90. The van der Waals surface area contributed by atoms with E-state index in [2.05, 4.69) is 46.0 Å². The highest BCUT2D eigenvalue weighted by Gasteiger charge is 2.27. The van der Waals surface area contributed by atoms with Gasteiger partial charge < -0.3 is 4.57 Å². The van der Waals surface area contributed by atoms with E-state index in [0.717, 1.165) is 45.7 Å². The first-order valence-corrected chi connectivity index (χ1v) is 9.52. The van der Waals surface area contributed by atoms with Crippen LogP contribution in [0.1, 0.15) is 31.0 Å². The van der Waals surface area contributed by atoms with E-state index in [9.17, 15) is 4.79 Å². The van der Waals surface area contributed by atoms with E-state index in [1.807, 2.05) is 10.9 Å². The molecule has 4 heterocycles. The zero-order valence-corrected chi connectivity index (χ0v) is 15.4. The van der Waals surface area contributed by atoms with Crippen molar-refractivity contribution in [2.24, 2.45) is 5.92 Å². The second-order valence-electron chi connectivity index (χ2n) is 7.28. The minimum Gasteiger partial charge on any atom is -0.350 e. The molecule has 2 aliphatic heterocycles. The molecule has 0 unspecified atom stereocenters. The maximum atomic E-state index is 12.5. The monoisotopic (exact) mass is 357 g/mol. The fraction of sp³-hybridized carbons (Fsp3) is 0.579. The van der Waals surface area contributed by atoms with Gasteiger partial charge in [0.1, 0.15) is 0 Å². The summed E-state index contributed by atoms with van der Waals surface area (Å²) >= 11 is 0. The van der Waals surface area contributed by atoms with Crippen LogP contribution in [-0.4, -0.2) is 49.9 Å². The van der Waals surface area contributed by atoms with Crippen LogP contribution >= 0.6 is 0 Å². The number of carbonyl (C=O) groups is 1. The number of nitrogens with zero attached hydrogens (tertiary/aromatic N) is 5. The summed E-state index contributed by atoms with van der Waals surface area (Å²) in [7, 11) is 0. The van der Waals surface area contributed by atoms with Crippen molar-refractivity contribution < 1.29 is 9.63 Å². The number of carbonyl (C=O) groups excluding carboxylic acids is 1. The lowest BCUT2D eigenvalue weighted by atomic mass is 10.0. The number of amides is 1. The Bertz CT molecular complexity index is 747. The number of hydrogen-bond acceptors (Lipinski definition) is 4. The van der Waals surface area contributed by atoms with Crippen LogP contribution in [0, 0.1) is 5.92 Å². The van der Waals surface area contributed by atoms with Crippen LogP contribution in [0.15, 0.2) is 30.7 Å². The van der Waals surface area contributed by atoms with Crippen LogP contribution in [0.4, 0.5) is 0 Å². The van der Waals surface area contributed by atoms with Crippen LogP contribution in [0.25, 0.3) is 0 Å². The minimum atomic E-state index is 0.113. The number of hydrogen-bond donors (Lipinski definition) is 0. The zero-order valence-electron chi connectivity index (χ0n) is 15.4. The van der Waals surface area contributed by atoms with E-state index in [4.69, 9.17) is 4.84 Å². The first-order valence-electron chi connectivity index (χ1n) is 9.52. The van der Waals surface area contributed by atoms with Gasteiger partial charge in [-0.1, -0.05) is 0 Å². The number of aryl methyl sites for hydroxylation is 1. The molecule has 1 amide bonds. The first-order chi connectivity index (χ1) is 12.7.